The Morgan fingerprint density at radius 2 is 1.29 bits per heavy atom. The van der Waals surface area contributed by atoms with Crippen LogP contribution >= 0.6 is 0 Å². The van der Waals surface area contributed by atoms with Gasteiger partial charge in [0.2, 0.25) is 17.7 Å². The molecular formula is C19H35N5O7. The maximum Gasteiger partial charge on any atom is 0.408 e. The molecule has 178 valence electrons. The first kappa shape index (κ1) is 28.1. The van der Waals surface area contributed by atoms with Gasteiger partial charge in [0.1, 0.15) is 29.3 Å². The van der Waals surface area contributed by atoms with E-state index in [4.69, 9.17) is 20.9 Å². The molecule has 0 saturated heterocycles. The fourth-order valence-electron chi connectivity index (χ4n) is 2.10. The van der Waals surface area contributed by atoms with Crippen molar-refractivity contribution in [2.45, 2.75) is 84.2 Å². The lowest BCUT2D eigenvalue weighted by atomic mass is 10.1. The Kier molecular flexibility index (Phi) is 10.4. The van der Waals surface area contributed by atoms with E-state index in [-0.39, 0.29) is 6.54 Å². The summed E-state index contributed by atoms with van der Waals surface area (Å²) in [5.74, 6) is -3.23. The van der Waals surface area contributed by atoms with Crippen LogP contribution in [0.5, 0.6) is 0 Å². The van der Waals surface area contributed by atoms with Crippen molar-refractivity contribution in [1.82, 2.24) is 16.0 Å². The highest BCUT2D eigenvalue weighted by atomic mass is 16.6. The van der Waals surface area contributed by atoms with Crippen LogP contribution in [0.3, 0.4) is 0 Å². The molecule has 0 radical (unpaired) electrons. The van der Waals surface area contributed by atoms with E-state index in [1.807, 2.05) is 0 Å². The topological polar surface area (TPSA) is 192 Å². The molecule has 12 nitrogen and oxygen atoms in total. The summed E-state index contributed by atoms with van der Waals surface area (Å²) in [5, 5.41) is 6.94. The van der Waals surface area contributed by atoms with Gasteiger partial charge in [0.05, 0.1) is 6.42 Å². The number of rotatable bonds is 9. The SMILES string of the molecule is C[C@H](NC(=O)[C@H](CC(=O)OC(C)(C)C)NC(=O)[C@H](CN)NC(=O)OC(C)(C)C)C(N)=O. The average Bonchev–Trinajstić information content (AvgIpc) is 2.55. The van der Waals surface area contributed by atoms with E-state index in [1.165, 1.54) is 6.92 Å². The number of carbonyl (C=O) groups excluding carboxylic acids is 5. The van der Waals surface area contributed by atoms with Gasteiger partial charge in [-0.05, 0) is 48.5 Å². The first-order valence-electron chi connectivity index (χ1n) is 9.76. The minimum absolute atomic E-state index is 0.302. The Morgan fingerprint density at radius 3 is 1.71 bits per heavy atom. The molecular weight excluding hydrogens is 410 g/mol. The third-order valence-electron chi connectivity index (χ3n) is 3.45. The van der Waals surface area contributed by atoms with Crippen LogP contribution in [0.4, 0.5) is 4.79 Å². The molecule has 12 heteroatoms. The maximum absolute atomic E-state index is 12.6. The molecule has 0 rings (SSSR count). The van der Waals surface area contributed by atoms with E-state index in [9.17, 15) is 24.0 Å². The minimum Gasteiger partial charge on any atom is -0.460 e. The number of hydrogen-bond donors (Lipinski definition) is 5. The summed E-state index contributed by atoms with van der Waals surface area (Å²) in [6, 6.07) is -3.69. The largest absolute Gasteiger partial charge is 0.460 e. The van der Waals surface area contributed by atoms with Crippen LogP contribution in [0.2, 0.25) is 0 Å². The molecule has 0 aliphatic carbocycles. The van der Waals surface area contributed by atoms with Crippen LogP contribution in [0.25, 0.3) is 0 Å². The fraction of sp³-hybridized carbons (Fsp3) is 0.737. The summed E-state index contributed by atoms with van der Waals surface area (Å²) in [5.41, 5.74) is 9.07. The molecule has 0 aromatic carbocycles. The number of ether oxygens (including phenoxy) is 2. The van der Waals surface area contributed by atoms with Crippen LogP contribution in [-0.2, 0) is 28.7 Å². The number of nitrogens with two attached hydrogens (primary N) is 2. The smallest absolute Gasteiger partial charge is 0.408 e. The summed E-state index contributed by atoms with van der Waals surface area (Å²) in [4.78, 5) is 60.5. The Labute approximate surface area is 182 Å². The monoisotopic (exact) mass is 445 g/mol. The number of esters is 1. The summed E-state index contributed by atoms with van der Waals surface area (Å²) in [6.45, 7) is 10.9. The van der Waals surface area contributed by atoms with E-state index in [0.717, 1.165) is 0 Å². The van der Waals surface area contributed by atoms with Gasteiger partial charge < -0.3 is 36.9 Å². The molecule has 4 amide bonds. The van der Waals surface area contributed by atoms with Gasteiger partial charge in [-0.1, -0.05) is 0 Å². The molecule has 0 heterocycles. The highest BCUT2D eigenvalue weighted by Crippen LogP contribution is 2.10. The normalized spacial score (nSPS) is 14.5. The van der Waals surface area contributed by atoms with E-state index in [2.05, 4.69) is 16.0 Å². The number of nitrogens with one attached hydrogen (secondary N) is 3. The number of amides is 4. The maximum atomic E-state index is 12.6. The predicted octanol–water partition coefficient (Wildman–Crippen LogP) is -0.955. The van der Waals surface area contributed by atoms with Gasteiger partial charge in [-0.3, -0.25) is 19.2 Å². The van der Waals surface area contributed by atoms with Gasteiger partial charge >= 0.3 is 12.1 Å². The molecule has 0 fully saturated rings. The van der Waals surface area contributed by atoms with E-state index in [0.29, 0.717) is 0 Å². The Bertz CT molecular complexity index is 682. The molecule has 0 spiro atoms. The number of carbonyl (C=O) groups is 5. The summed E-state index contributed by atoms with van der Waals surface area (Å²) >= 11 is 0. The quantitative estimate of drug-likeness (QED) is 0.280. The predicted molar refractivity (Wildman–Crippen MR) is 111 cm³/mol. The van der Waals surface area contributed by atoms with Crippen LogP contribution in [0.15, 0.2) is 0 Å². The Balaban J connectivity index is 5.38. The lowest BCUT2D eigenvalue weighted by Crippen LogP contribution is -2.58. The third-order valence-corrected chi connectivity index (χ3v) is 3.45. The molecule has 0 aliphatic heterocycles. The lowest BCUT2D eigenvalue weighted by molar-refractivity contribution is -0.156. The zero-order valence-electron chi connectivity index (χ0n) is 19.2. The molecule has 0 bridgehead atoms. The second-order valence-electron chi connectivity index (χ2n) is 8.92. The molecule has 0 aromatic heterocycles. The fourth-order valence-corrected chi connectivity index (χ4v) is 2.10. The van der Waals surface area contributed by atoms with Crippen molar-refractivity contribution in [2.75, 3.05) is 6.54 Å². The van der Waals surface area contributed by atoms with E-state index < -0.39 is 65.5 Å². The van der Waals surface area contributed by atoms with Crippen molar-refractivity contribution in [3.05, 3.63) is 0 Å². The second-order valence-corrected chi connectivity index (χ2v) is 8.92. The summed E-state index contributed by atoms with van der Waals surface area (Å²) in [6.07, 6.45) is -1.40. The molecule has 0 saturated carbocycles. The van der Waals surface area contributed by atoms with Gasteiger partial charge in [0, 0.05) is 6.54 Å². The van der Waals surface area contributed by atoms with Crippen molar-refractivity contribution in [1.29, 1.82) is 0 Å². The van der Waals surface area contributed by atoms with Gasteiger partial charge in [0.15, 0.2) is 0 Å². The van der Waals surface area contributed by atoms with Crippen molar-refractivity contribution >= 4 is 29.8 Å². The Morgan fingerprint density at radius 1 is 0.806 bits per heavy atom. The number of primary amides is 1. The first-order chi connectivity index (χ1) is 13.9. The van der Waals surface area contributed by atoms with Crippen molar-refractivity contribution in [2.24, 2.45) is 11.5 Å². The van der Waals surface area contributed by atoms with Gasteiger partial charge in [-0.15, -0.1) is 0 Å². The molecule has 3 atom stereocenters. The standard InChI is InChI=1S/C19H35N5O7/c1-10(14(21)26)22-15(27)11(8-13(25)30-18(2,3)4)23-16(28)12(9-20)24-17(29)31-19(5,6)7/h10-12H,8-9,20H2,1-7H3,(H2,21,26)(H,22,27)(H,23,28)(H,24,29)/t10-,11-,12-/m0/s1. The number of alkyl carbamates (subject to hydrolysis) is 1. The van der Waals surface area contributed by atoms with Crippen LogP contribution in [-0.4, -0.2) is 65.7 Å². The zero-order valence-corrected chi connectivity index (χ0v) is 19.2. The molecule has 7 N–H and O–H groups in total. The number of hydrogen-bond acceptors (Lipinski definition) is 8. The average molecular weight is 446 g/mol. The lowest BCUT2D eigenvalue weighted by Gasteiger charge is -2.26. The third kappa shape index (κ3) is 12.4. The van der Waals surface area contributed by atoms with Gasteiger partial charge in [0.25, 0.3) is 0 Å². The highest BCUT2D eigenvalue weighted by molar-refractivity contribution is 5.95. The van der Waals surface area contributed by atoms with E-state index in [1.54, 1.807) is 41.5 Å². The second kappa shape index (κ2) is 11.5. The van der Waals surface area contributed by atoms with Gasteiger partial charge in [-0.25, -0.2) is 4.79 Å². The Hall–Kier alpha value is -2.89. The molecule has 0 unspecified atom stereocenters. The van der Waals surface area contributed by atoms with Crippen molar-refractivity contribution < 1.29 is 33.4 Å². The molecule has 0 aromatic rings. The molecule has 0 aliphatic rings. The van der Waals surface area contributed by atoms with E-state index >= 15 is 0 Å². The minimum atomic E-state index is -1.40. The first-order valence-corrected chi connectivity index (χ1v) is 9.76. The van der Waals surface area contributed by atoms with Crippen LogP contribution in [0.1, 0.15) is 54.9 Å². The van der Waals surface area contributed by atoms with Crippen LogP contribution < -0.4 is 27.4 Å². The van der Waals surface area contributed by atoms with Gasteiger partial charge in [-0.2, -0.15) is 0 Å². The highest BCUT2D eigenvalue weighted by Gasteiger charge is 2.31. The summed E-state index contributed by atoms with van der Waals surface area (Å²) in [7, 11) is 0. The van der Waals surface area contributed by atoms with Crippen LogP contribution in [0, 0.1) is 0 Å². The zero-order chi connectivity index (χ0) is 24.6. The van der Waals surface area contributed by atoms with Crippen molar-refractivity contribution in [3.8, 4) is 0 Å². The molecule has 31 heavy (non-hydrogen) atoms. The summed E-state index contributed by atoms with van der Waals surface area (Å²) < 4.78 is 10.3. The van der Waals surface area contributed by atoms with Crippen molar-refractivity contribution in [3.63, 3.8) is 0 Å².